The summed E-state index contributed by atoms with van der Waals surface area (Å²) in [5.41, 5.74) is 0. The zero-order chi connectivity index (χ0) is 13.8. The van der Waals surface area contributed by atoms with Gasteiger partial charge in [0.1, 0.15) is 0 Å². The van der Waals surface area contributed by atoms with Crippen LogP contribution >= 0.6 is 36.2 Å². The maximum absolute atomic E-state index is 12.3. The average Bonchev–Trinajstić information content (AvgIpc) is 3.03. The van der Waals surface area contributed by atoms with Crippen LogP contribution in [0.15, 0.2) is 11.6 Å². The first-order chi connectivity index (χ1) is 9.83. The fourth-order valence-corrected chi connectivity index (χ4v) is 3.71. The molecule has 2 fully saturated rings. The highest BCUT2D eigenvalue weighted by Gasteiger charge is 2.27. The van der Waals surface area contributed by atoms with Crippen molar-refractivity contribution in [2.24, 2.45) is 0 Å². The normalized spacial score (nSPS) is 22.5. The third-order valence-corrected chi connectivity index (χ3v) is 5.01. The number of rotatable bonds is 3. The molecular weight excluding hydrogens is 345 g/mol. The number of morpholine rings is 1. The van der Waals surface area contributed by atoms with E-state index in [1.54, 1.807) is 11.3 Å². The summed E-state index contributed by atoms with van der Waals surface area (Å²) in [7, 11) is 0. The molecule has 1 aromatic rings. The van der Waals surface area contributed by atoms with Crippen LogP contribution in [0.4, 0.5) is 0 Å². The van der Waals surface area contributed by atoms with Crippen molar-refractivity contribution in [3.8, 4) is 0 Å². The van der Waals surface area contributed by atoms with Crippen LogP contribution in [0.2, 0.25) is 0 Å². The molecule has 0 spiro atoms. The van der Waals surface area contributed by atoms with Gasteiger partial charge in [0.05, 0.1) is 18.2 Å². The second kappa shape index (κ2) is 9.67. The number of halogens is 2. The smallest absolute Gasteiger partial charge is 0.224 e. The first-order valence-electron chi connectivity index (χ1n) is 7.31. The van der Waals surface area contributed by atoms with E-state index in [0.717, 1.165) is 39.1 Å². The van der Waals surface area contributed by atoms with E-state index in [4.69, 9.17) is 4.74 Å². The number of nitrogens with one attached hydrogen (secondary N) is 1. The highest BCUT2D eigenvalue weighted by atomic mass is 35.5. The lowest BCUT2D eigenvalue weighted by Crippen LogP contribution is -2.46. The van der Waals surface area contributed by atoms with Gasteiger partial charge in [0.2, 0.25) is 5.91 Å². The summed E-state index contributed by atoms with van der Waals surface area (Å²) < 4.78 is 5.40. The van der Waals surface area contributed by atoms with Gasteiger partial charge in [-0.1, -0.05) is 0 Å². The van der Waals surface area contributed by atoms with Crippen molar-refractivity contribution in [1.82, 2.24) is 15.2 Å². The second-order valence-electron chi connectivity index (χ2n) is 5.46. The Hall–Kier alpha value is -0.400. The van der Waals surface area contributed by atoms with E-state index in [1.807, 2.05) is 16.5 Å². The lowest BCUT2D eigenvalue weighted by Gasteiger charge is -2.33. The third kappa shape index (κ3) is 5.06. The summed E-state index contributed by atoms with van der Waals surface area (Å²) in [6, 6.07) is 0.188. The molecule has 1 atom stereocenters. The van der Waals surface area contributed by atoms with Gasteiger partial charge in [-0.05, 0) is 12.8 Å². The van der Waals surface area contributed by atoms with Crippen molar-refractivity contribution in [1.29, 1.82) is 0 Å². The van der Waals surface area contributed by atoms with Gasteiger partial charge in [-0.15, -0.1) is 36.2 Å². The molecule has 2 aliphatic heterocycles. The van der Waals surface area contributed by atoms with Crippen molar-refractivity contribution in [3.05, 3.63) is 16.6 Å². The number of amides is 1. The van der Waals surface area contributed by atoms with Gasteiger partial charge >= 0.3 is 0 Å². The molecule has 1 N–H and O–H groups in total. The predicted molar refractivity (Wildman–Crippen MR) is 92.4 cm³/mol. The van der Waals surface area contributed by atoms with Crippen LogP contribution in [0.5, 0.6) is 0 Å². The molecule has 1 aromatic heterocycles. The van der Waals surface area contributed by atoms with E-state index in [9.17, 15) is 4.79 Å². The van der Waals surface area contributed by atoms with Crippen LogP contribution in [-0.2, 0) is 9.53 Å². The maximum Gasteiger partial charge on any atom is 0.224 e. The van der Waals surface area contributed by atoms with Gasteiger partial charge in [0.15, 0.2) is 0 Å². The van der Waals surface area contributed by atoms with Crippen LogP contribution in [-0.4, -0.2) is 54.7 Å². The molecule has 126 valence electrons. The Kier molecular flexibility index (Phi) is 8.64. The Morgan fingerprint density at radius 2 is 2.18 bits per heavy atom. The minimum absolute atomic E-state index is 0. The minimum Gasteiger partial charge on any atom is -0.378 e. The SMILES string of the molecule is Cl.Cl.O=C(CC1COCCN1)N1CCC(c2nccs2)CC1. The molecule has 0 bridgehead atoms. The van der Waals surface area contributed by atoms with E-state index in [1.165, 1.54) is 5.01 Å². The zero-order valence-corrected chi connectivity index (χ0v) is 14.9. The fourth-order valence-electron chi connectivity index (χ4n) is 2.90. The van der Waals surface area contributed by atoms with Gasteiger partial charge in [-0.2, -0.15) is 0 Å². The Morgan fingerprint density at radius 3 is 2.77 bits per heavy atom. The van der Waals surface area contributed by atoms with Gasteiger partial charge in [-0.25, -0.2) is 4.98 Å². The largest absolute Gasteiger partial charge is 0.378 e. The van der Waals surface area contributed by atoms with Crippen LogP contribution in [0.1, 0.15) is 30.2 Å². The van der Waals surface area contributed by atoms with E-state index < -0.39 is 0 Å². The zero-order valence-electron chi connectivity index (χ0n) is 12.4. The molecule has 5 nitrogen and oxygen atoms in total. The number of hydrogen-bond donors (Lipinski definition) is 1. The predicted octanol–water partition coefficient (Wildman–Crippen LogP) is 2.07. The van der Waals surface area contributed by atoms with E-state index in [2.05, 4.69) is 10.3 Å². The number of aromatic nitrogens is 1. The molecule has 2 aliphatic rings. The average molecular weight is 368 g/mol. The molecule has 0 aliphatic carbocycles. The molecule has 2 saturated heterocycles. The number of hydrogen-bond acceptors (Lipinski definition) is 5. The molecule has 1 unspecified atom stereocenters. The van der Waals surface area contributed by atoms with Gasteiger partial charge in [-0.3, -0.25) is 4.79 Å². The highest BCUT2D eigenvalue weighted by Crippen LogP contribution is 2.29. The summed E-state index contributed by atoms with van der Waals surface area (Å²) >= 11 is 1.73. The Labute approximate surface area is 147 Å². The third-order valence-electron chi connectivity index (χ3n) is 4.07. The van der Waals surface area contributed by atoms with Gasteiger partial charge in [0.25, 0.3) is 0 Å². The van der Waals surface area contributed by atoms with Gasteiger partial charge in [0, 0.05) is 49.6 Å². The molecule has 3 heterocycles. The van der Waals surface area contributed by atoms with Crippen LogP contribution in [0.25, 0.3) is 0 Å². The Balaban J connectivity index is 0.00000121. The summed E-state index contributed by atoms with van der Waals surface area (Å²) in [6.45, 7) is 3.97. The standard InChI is InChI=1S/C14H21N3O2S.2ClH/c18-13(9-12-10-19-7-3-15-12)17-5-1-11(2-6-17)14-16-4-8-20-14;;/h4,8,11-12,15H,1-3,5-7,9-10H2;2*1H. The van der Waals surface area contributed by atoms with Crippen LogP contribution < -0.4 is 5.32 Å². The Morgan fingerprint density at radius 1 is 1.41 bits per heavy atom. The van der Waals surface area contributed by atoms with E-state index >= 15 is 0 Å². The minimum atomic E-state index is 0. The van der Waals surface area contributed by atoms with E-state index in [-0.39, 0.29) is 36.8 Å². The van der Waals surface area contributed by atoms with Crippen LogP contribution in [0, 0.1) is 0 Å². The van der Waals surface area contributed by atoms with Crippen molar-refractivity contribution in [3.63, 3.8) is 0 Å². The summed E-state index contributed by atoms with van der Waals surface area (Å²) in [4.78, 5) is 18.7. The molecule has 0 aromatic carbocycles. The quantitative estimate of drug-likeness (QED) is 0.888. The number of thiazole rings is 1. The molecule has 22 heavy (non-hydrogen) atoms. The molecule has 0 saturated carbocycles. The maximum atomic E-state index is 12.3. The number of carbonyl (C=O) groups excluding carboxylic acids is 1. The van der Waals surface area contributed by atoms with Crippen molar-refractivity contribution < 1.29 is 9.53 Å². The molecule has 8 heteroatoms. The van der Waals surface area contributed by atoms with Crippen LogP contribution in [0.3, 0.4) is 0 Å². The monoisotopic (exact) mass is 367 g/mol. The van der Waals surface area contributed by atoms with Crippen molar-refractivity contribution in [2.75, 3.05) is 32.8 Å². The lowest BCUT2D eigenvalue weighted by atomic mass is 9.97. The number of nitrogens with zero attached hydrogens (tertiary/aromatic N) is 2. The number of likely N-dealkylation sites (tertiary alicyclic amines) is 1. The summed E-state index contributed by atoms with van der Waals surface area (Å²) in [5, 5.41) is 6.59. The van der Waals surface area contributed by atoms with Gasteiger partial charge < -0.3 is 15.0 Å². The summed E-state index contributed by atoms with van der Waals surface area (Å²) in [6.07, 6.45) is 4.50. The lowest BCUT2D eigenvalue weighted by molar-refractivity contribution is -0.133. The fraction of sp³-hybridized carbons (Fsp3) is 0.714. The van der Waals surface area contributed by atoms with Crippen molar-refractivity contribution >= 4 is 42.1 Å². The number of ether oxygens (including phenoxy) is 1. The molecule has 1 amide bonds. The molecular formula is C14H23Cl2N3O2S. The Bertz CT molecular complexity index is 433. The number of carbonyl (C=O) groups is 1. The number of piperidine rings is 1. The first-order valence-corrected chi connectivity index (χ1v) is 8.19. The highest BCUT2D eigenvalue weighted by molar-refractivity contribution is 7.09. The topological polar surface area (TPSA) is 54.5 Å². The first kappa shape index (κ1) is 19.6. The van der Waals surface area contributed by atoms with E-state index in [0.29, 0.717) is 18.9 Å². The summed E-state index contributed by atoms with van der Waals surface area (Å²) in [5.74, 6) is 0.792. The van der Waals surface area contributed by atoms with Crippen molar-refractivity contribution in [2.45, 2.75) is 31.2 Å². The second-order valence-corrected chi connectivity index (χ2v) is 6.38. The molecule has 3 rings (SSSR count). The molecule has 0 radical (unpaired) electrons.